The number of esters is 1. The number of carbonyl (C=O) groups excluding carboxylic acids is 3. The zero-order valence-electron chi connectivity index (χ0n) is 45.3. The number of rotatable bonds is 20. The number of fused-ring (bicyclic) bond motifs is 1. The van der Waals surface area contributed by atoms with Crippen LogP contribution in [-0.4, -0.2) is 62.1 Å². The van der Waals surface area contributed by atoms with Crippen LogP contribution in [0.2, 0.25) is 0 Å². The van der Waals surface area contributed by atoms with E-state index in [1.807, 2.05) is 230 Å². The number of oxime groups is 1. The molecule has 0 aliphatic carbocycles. The molecule has 10 aromatic rings. The van der Waals surface area contributed by atoms with Gasteiger partial charge in [-0.1, -0.05) is 266 Å². The highest BCUT2D eigenvalue weighted by molar-refractivity contribution is 8.02. The van der Waals surface area contributed by atoms with E-state index in [2.05, 4.69) is 52.0 Å². The summed E-state index contributed by atoms with van der Waals surface area (Å²) < 4.78 is 6.57. The maximum Gasteiger partial charge on any atom is 0.319 e. The zero-order valence-corrected chi connectivity index (χ0v) is 47.8. The van der Waals surface area contributed by atoms with E-state index in [0.717, 1.165) is 49.4 Å². The lowest BCUT2D eigenvalue weighted by Gasteiger charge is -2.53. The molecule has 2 aliphatic heterocycles. The third-order valence-electron chi connectivity index (χ3n) is 15.2. The fourth-order valence-electron chi connectivity index (χ4n) is 10.9. The molecule has 4 heterocycles. The Bertz CT molecular complexity index is 3660. The fourth-order valence-corrected chi connectivity index (χ4v) is 14.0. The number of anilines is 1. The van der Waals surface area contributed by atoms with Crippen LogP contribution in [0, 0.1) is 5.41 Å². The predicted octanol–water partition coefficient (Wildman–Crippen LogP) is 13.7. The number of thiazole rings is 1. The Morgan fingerprint density at radius 3 is 1.56 bits per heavy atom. The van der Waals surface area contributed by atoms with Crippen LogP contribution in [0.25, 0.3) is 0 Å². The van der Waals surface area contributed by atoms with Gasteiger partial charge in [0.2, 0.25) is 11.5 Å². The van der Waals surface area contributed by atoms with E-state index in [-0.39, 0.29) is 29.6 Å². The first-order valence-electron chi connectivity index (χ1n) is 27.5. The molecule has 0 radical (unpaired) electrons. The van der Waals surface area contributed by atoms with Crippen molar-refractivity contribution >= 4 is 63.5 Å². The maximum atomic E-state index is 15.5. The molecule has 0 saturated carbocycles. The first kappa shape index (κ1) is 55.2. The van der Waals surface area contributed by atoms with Crippen LogP contribution in [-0.2, 0) is 35.1 Å². The molecule has 12 rings (SSSR count). The van der Waals surface area contributed by atoms with E-state index in [4.69, 9.17) is 19.7 Å². The molecule has 0 spiro atoms. The monoisotopic (exact) mass is 1160 g/mol. The number of nitrogens with zero attached hydrogens (tertiary/aromatic N) is 4. The molecule has 2 fully saturated rings. The van der Waals surface area contributed by atoms with Gasteiger partial charge in [-0.25, -0.2) is 4.98 Å². The maximum absolute atomic E-state index is 15.5. The number of carbonyl (C=O) groups is 3. The average molecular weight is 1160 g/mol. The quantitative estimate of drug-likeness (QED) is 0.0190. The molecule has 14 heteroatoms. The van der Waals surface area contributed by atoms with Gasteiger partial charge in [-0.2, -0.15) is 0 Å². The molecule has 11 nitrogen and oxygen atoms in total. The summed E-state index contributed by atoms with van der Waals surface area (Å²) in [6.45, 7) is 0.0172. The molecular weight excluding hydrogens is 1100 g/mol. The standard InChI is InChI=1S/C70H56N6O5S3/c77-63(73-61-64(78)76-48-68(49-84-65(61)76,43-46-82-58-41-44-71-45-42-58)66(79)80-62(50-25-9-1-10-26-50)51-27-11-2-12-28-51)60(75-81-70(55-35-19-6-20-36-55,56-37-21-7-22-38-56)57-39-23-8-24-40-57)59-47-83-67(72-59)74-69(52-29-13-3-14-30-52,53-31-15-4-16-32-53)54-33-17-5-18-34-54/h1-47,61-62,65H,48-49H2,(H,72,74)(H,73,77)/t61?,65-,68?/m1/s1. The highest BCUT2D eigenvalue weighted by Crippen LogP contribution is 2.47. The second kappa shape index (κ2) is 25.0. The fraction of sp³-hybridized carbons (Fsp3) is 0.114. The van der Waals surface area contributed by atoms with Gasteiger partial charge in [0.15, 0.2) is 16.9 Å². The molecule has 3 atom stereocenters. The second-order valence-electron chi connectivity index (χ2n) is 20.3. The minimum absolute atomic E-state index is 0.0172. The second-order valence-corrected chi connectivity index (χ2v) is 23.2. The number of β-lactam (4-membered cyclic amide) rings is 1. The van der Waals surface area contributed by atoms with Crippen molar-refractivity contribution < 1.29 is 24.0 Å². The number of hydrogen-bond acceptors (Lipinski definition) is 12. The summed E-state index contributed by atoms with van der Waals surface area (Å²) in [5, 5.41) is 15.5. The van der Waals surface area contributed by atoms with E-state index in [9.17, 15) is 4.79 Å². The van der Waals surface area contributed by atoms with E-state index < -0.39 is 46.0 Å². The predicted molar refractivity (Wildman–Crippen MR) is 334 cm³/mol. The Morgan fingerprint density at radius 1 is 0.631 bits per heavy atom. The Kier molecular flexibility index (Phi) is 16.4. The van der Waals surface area contributed by atoms with E-state index in [1.165, 1.54) is 34.9 Å². The lowest BCUT2D eigenvalue weighted by Crippen LogP contribution is -2.74. The van der Waals surface area contributed by atoms with Crippen molar-refractivity contribution in [3.8, 4) is 0 Å². The zero-order chi connectivity index (χ0) is 57.2. The lowest BCUT2D eigenvalue weighted by molar-refractivity contribution is -0.162. The van der Waals surface area contributed by atoms with Crippen LogP contribution in [0.5, 0.6) is 0 Å². The normalized spacial score (nSPS) is 17.0. The van der Waals surface area contributed by atoms with Gasteiger partial charge in [0.1, 0.15) is 28.1 Å². The summed E-state index contributed by atoms with van der Waals surface area (Å²) >= 11 is 4.18. The van der Waals surface area contributed by atoms with Crippen molar-refractivity contribution in [2.24, 2.45) is 10.6 Å². The van der Waals surface area contributed by atoms with Crippen molar-refractivity contribution in [3.05, 3.63) is 334 Å². The summed E-state index contributed by atoms with van der Waals surface area (Å²) in [5.41, 5.74) is 3.35. The number of nitrogens with one attached hydrogen (secondary N) is 2. The molecular formula is C70H56N6O5S3. The van der Waals surface area contributed by atoms with Gasteiger partial charge in [-0.15, -0.1) is 23.1 Å². The van der Waals surface area contributed by atoms with E-state index in [1.54, 1.807) is 22.7 Å². The van der Waals surface area contributed by atoms with Gasteiger partial charge in [-0.3, -0.25) is 19.4 Å². The number of pyridine rings is 1. The number of thioether (sulfide) groups is 2. The Hall–Kier alpha value is -9.34. The van der Waals surface area contributed by atoms with Crippen molar-refractivity contribution in [1.29, 1.82) is 0 Å². The van der Waals surface area contributed by atoms with Gasteiger partial charge in [0, 0.05) is 51.7 Å². The van der Waals surface area contributed by atoms with Gasteiger partial charge < -0.3 is 25.1 Å². The molecule has 2 unspecified atom stereocenters. The average Bonchev–Trinajstić information content (AvgIpc) is 2.91. The van der Waals surface area contributed by atoms with Crippen LogP contribution < -0.4 is 10.6 Å². The Morgan fingerprint density at radius 2 is 1.08 bits per heavy atom. The summed E-state index contributed by atoms with van der Waals surface area (Å²) in [6, 6.07) is 82.0. The molecule has 0 bridgehead atoms. The number of amides is 2. The highest BCUT2D eigenvalue weighted by atomic mass is 32.2. The van der Waals surface area contributed by atoms with Gasteiger partial charge in [-0.05, 0) is 45.4 Å². The molecule has 2 saturated heterocycles. The third kappa shape index (κ3) is 11.2. The lowest BCUT2D eigenvalue weighted by atomic mass is 9.77. The van der Waals surface area contributed by atoms with Crippen LogP contribution in [0.4, 0.5) is 5.13 Å². The number of hydrogen-bond donors (Lipinski definition) is 2. The van der Waals surface area contributed by atoms with Gasteiger partial charge in [0.05, 0.1) is 0 Å². The molecule has 84 heavy (non-hydrogen) atoms. The molecule has 8 aromatic carbocycles. The number of aromatic nitrogens is 2. The minimum atomic E-state index is -1.36. The topological polar surface area (TPSA) is 135 Å². The Labute approximate surface area is 500 Å². The highest BCUT2D eigenvalue weighted by Gasteiger charge is 2.58. The summed E-state index contributed by atoms with van der Waals surface area (Å²) in [4.78, 5) is 64.3. The number of ether oxygens (including phenoxy) is 1. The van der Waals surface area contributed by atoms with Crippen LogP contribution in [0.1, 0.15) is 56.3 Å². The SMILES string of the molecule is O=C(NC1C(=O)N2CC(C=CSc3ccncc3)(C(=O)OC(c3ccccc3)c3ccccc3)CS[C@H]12)C(=NOC(c1ccccc1)(c1ccccc1)c1ccccc1)c1csc(NC(c2ccccc2)(c2ccccc2)c2ccccc2)n1. The largest absolute Gasteiger partial charge is 0.452 e. The Balaban J connectivity index is 0.904. The van der Waals surface area contributed by atoms with Crippen molar-refractivity contribution in [3.63, 3.8) is 0 Å². The molecule has 2 aromatic heterocycles. The first-order valence-corrected chi connectivity index (χ1v) is 30.3. The molecule has 2 amide bonds. The van der Waals surface area contributed by atoms with Crippen LogP contribution in [0.15, 0.2) is 294 Å². The smallest absolute Gasteiger partial charge is 0.319 e. The summed E-state index contributed by atoms with van der Waals surface area (Å²) in [7, 11) is 0. The molecule has 2 N–H and O–H groups in total. The van der Waals surface area contributed by atoms with Crippen LogP contribution >= 0.6 is 34.9 Å². The number of benzene rings is 8. The van der Waals surface area contributed by atoms with Gasteiger partial charge in [0.25, 0.3) is 5.91 Å². The van der Waals surface area contributed by atoms with Crippen molar-refractivity contribution in [2.75, 3.05) is 17.6 Å². The summed E-state index contributed by atoms with van der Waals surface area (Å²) in [6.07, 6.45) is 4.57. The first-order chi connectivity index (χ1) is 41.3. The minimum Gasteiger partial charge on any atom is -0.452 e. The van der Waals surface area contributed by atoms with E-state index in [0.29, 0.717) is 5.13 Å². The van der Waals surface area contributed by atoms with E-state index >= 15 is 9.59 Å². The van der Waals surface area contributed by atoms with Crippen LogP contribution in [0.3, 0.4) is 0 Å². The molecule has 2 aliphatic rings. The summed E-state index contributed by atoms with van der Waals surface area (Å²) in [5.74, 6) is -1.26. The van der Waals surface area contributed by atoms with Crippen molar-refractivity contribution in [2.45, 2.75) is 33.6 Å². The molecule has 414 valence electrons. The third-order valence-corrected chi connectivity index (χ3v) is 18.3. The van der Waals surface area contributed by atoms with Crippen molar-refractivity contribution in [1.82, 2.24) is 20.2 Å². The van der Waals surface area contributed by atoms with Gasteiger partial charge >= 0.3 is 5.97 Å².